The van der Waals surface area contributed by atoms with Crippen LogP contribution in [-0.2, 0) is 16.0 Å². The van der Waals surface area contributed by atoms with Gasteiger partial charge < -0.3 is 15.2 Å². The van der Waals surface area contributed by atoms with Crippen LogP contribution in [0.3, 0.4) is 0 Å². The molecule has 2 aromatic rings. The lowest BCUT2D eigenvalue weighted by atomic mass is 10.1. The number of halogens is 1. The van der Waals surface area contributed by atoms with Gasteiger partial charge in [-0.2, -0.15) is 10.4 Å². The highest BCUT2D eigenvalue weighted by Crippen LogP contribution is 2.34. The highest BCUT2D eigenvalue weighted by Gasteiger charge is 2.13. The van der Waals surface area contributed by atoms with Gasteiger partial charge in [-0.05, 0) is 51.3 Å². The molecule has 2 aromatic carbocycles. The number of nitrogens with zero attached hydrogens (tertiary/aromatic N) is 2. The topological polar surface area (TPSA) is 124 Å². The number of anilines is 1. The van der Waals surface area contributed by atoms with Gasteiger partial charge in [-0.15, -0.1) is 0 Å². The maximum Gasteiger partial charge on any atom is 0.329 e. The van der Waals surface area contributed by atoms with Crippen molar-refractivity contribution in [2.24, 2.45) is 5.10 Å². The molecule has 0 aliphatic rings. The third-order valence-corrected chi connectivity index (χ3v) is 3.96. The Hall–Kier alpha value is -3.38. The average molecular weight is 431 g/mol. The molecule has 0 heterocycles. The first-order valence-electron chi connectivity index (χ1n) is 7.61. The second kappa shape index (κ2) is 9.35. The van der Waals surface area contributed by atoms with Crippen LogP contribution in [0.2, 0.25) is 0 Å². The molecule has 0 aliphatic carbocycles. The number of hydrogen-bond acceptors (Lipinski definition) is 6. The van der Waals surface area contributed by atoms with Gasteiger partial charge in [0, 0.05) is 5.69 Å². The summed E-state index contributed by atoms with van der Waals surface area (Å²) in [5.74, 6) is -1.66. The standard InChI is InChI=1S/C18H15BrN4O4/c1-27-15-9-12(8-14(19)16(15)24)10-21-23-18(26)17(25)22-13-4-2-11(3-5-13)6-7-20/h2-5,8-10,24H,6H2,1H3,(H,22,25)(H,23,26)/b21-10+. The van der Waals surface area contributed by atoms with E-state index in [1.165, 1.54) is 19.4 Å². The number of carbonyl (C=O) groups is 2. The van der Waals surface area contributed by atoms with Crippen LogP contribution in [0.4, 0.5) is 5.69 Å². The number of nitriles is 1. The number of carbonyl (C=O) groups excluding carboxylic acids is 2. The number of benzene rings is 2. The first-order chi connectivity index (χ1) is 12.9. The Morgan fingerprint density at radius 1 is 1.30 bits per heavy atom. The third-order valence-electron chi connectivity index (χ3n) is 3.35. The molecule has 0 radical (unpaired) electrons. The minimum absolute atomic E-state index is 0.0566. The number of hydrazone groups is 1. The molecule has 27 heavy (non-hydrogen) atoms. The van der Waals surface area contributed by atoms with Crippen LogP contribution in [0, 0.1) is 11.3 Å². The zero-order valence-corrected chi connectivity index (χ0v) is 15.8. The molecular weight excluding hydrogens is 416 g/mol. The first-order valence-corrected chi connectivity index (χ1v) is 8.40. The summed E-state index contributed by atoms with van der Waals surface area (Å²) in [6.45, 7) is 0. The van der Waals surface area contributed by atoms with E-state index in [0.29, 0.717) is 15.7 Å². The van der Waals surface area contributed by atoms with Crippen molar-refractivity contribution in [2.75, 3.05) is 12.4 Å². The number of nitrogens with one attached hydrogen (secondary N) is 2. The van der Waals surface area contributed by atoms with E-state index in [4.69, 9.17) is 10.00 Å². The highest BCUT2D eigenvalue weighted by molar-refractivity contribution is 9.10. The molecule has 0 fully saturated rings. The number of phenols is 1. The Bertz CT molecular complexity index is 920. The van der Waals surface area contributed by atoms with Crippen LogP contribution >= 0.6 is 15.9 Å². The van der Waals surface area contributed by atoms with Crippen molar-refractivity contribution < 1.29 is 19.4 Å². The van der Waals surface area contributed by atoms with Crippen molar-refractivity contribution in [3.8, 4) is 17.6 Å². The van der Waals surface area contributed by atoms with Crippen LogP contribution in [0.15, 0.2) is 46.0 Å². The van der Waals surface area contributed by atoms with E-state index in [9.17, 15) is 14.7 Å². The number of phenolic OH excluding ortho intramolecular Hbond substituents is 1. The zero-order chi connectivity index (χ0) is 19.8. The summed E-state index contributed by atoms with van der Waals surface area (Å²) in [6.07, 6.45) is 1.57. The maximum absolute atomic E-state index is 11.9. The largest absolute Gasteiger partial charge is 0.503 e. The van der Waals surface area contributed by atoms with Crippen molar-refractivity contribution in [3.05, 3.63) is 52.0 Å². The summed E-state index contributed by atoms with van der Waals surface area (Å²) in [5, 5.41) is 24.5. The van der Waals surface area contributed by atoms with Gasteiger partial charge in [-0.3, -0.25) is 9.59 Å². The molecule has 0 saturated carbocycles. The first kappa shape index (κ1) is 19.9. The van der Waals surface area contributed by atoms with Crippen LogP contribution < -0.4 is 15.5 Å². The number of aromatic hydroxyl groups is 1. The smallest absolute Gasteiger partial charge is 0.329 e. The van der Waals surface area contributed by atoms with Crippen molar-refractivity contribution >= 4 is 39.6 Å². The Kier molecular flexibility index (Phi) is 6.91. The Morgan fingerprint density at radius 2 is 2.00 bits per heavy atom. The predicted octanol–water partition coefficient (Wildman–Crippen LogP) is 2.32. The van der Waals surface area contributed by atoms with Crippen LogP contribution in [0.5, 0.6) is 11.5 Å². The maximum atomic E-state index is 11.9. The van der Waals surface area contributed by atoms with Gasteiger partial charge in [0.25, 0.3) is 0 Å². The van der Waals surface area contributed by atoms with E-state index < -0.39 is 11.8 Å². The molecule has 138 valence electrons. The van der Waals surface area contributed by atoms with Gasteiger partial charge in [0.05, 0.1) is 30.3 Å². The van der Waals surface area contributed by atoms with E-state index in [1.54, 1.807) is 30.3 Å². The minimum Gasteiger partial charge on any atom is -0.503 e. The van der Waals surface area contributed by atoms with Gasteiger partial charge in [-0.1, -0.05) is 12.1 Å². The second-order valence-corrected chi connectivity index (χ2v) is 6.09. The van der Waals surface area contributed by atoms with Crippen LogP contribution in [0.1, 0.15) is 11.1 Å². The van der Waals surface area contributed by atoms with E-state index in [-0.39, 0.29) is 17.9 Å². The van der Waals surface area contributed by atoms with Gasteiger partial charge in [0.15, 0.2) is 11.5 Å². The lowest BCUT2D eigenvalue weighted by molar-refractivity contribution is -0.136. The third kappa shape index (κ3) is 5.55. The molecule has 0 spiro atoms. The van der Waals surface area contributed by atoms with E-state index >= 15 is 0 Å². The molecule has 9 heteroatoms. The van der Waals surface area contributed by atoms with Crippen LogP contribution in [-0.4, -0.2) is 30.2 Å². The minimum atomic E-state index is -0.947. The Labute approximate surface area is 163 Å². The van der Waals surface area contributed by atoms with Crippen molar-refractivity contribution in [1.82, 2.24) is 5.43 Å². The SMILES string of the molecule is COc1cc(/C=N/NC(=O)C(=O)Nc2ccc(CC#N)cc2)cc(Br)c1O. The fourth-order valence-corrected chi connectivity index (χ4v) is 2.48. The van der Waals surface area contributed by atoms with E-state index in [1.807, 2.05) is 6.07 Å². The summed E-state index contributed by atoms with van der Waals surface area (Å²) in [4.78, 5) is 23.7. The molecule has 3 N–H and O–H groups in total. The molecule has 0 unspecified atom stereocenters. The Morgan fingerprint density at radius 3 is 2.63 bits per heavy atom. The molecule has 0 bridgehead atoms. The quantitative estimate of drug-likeness (QED) is 0.381. The summed E-state index contributed by atoms with van der Waals surface area (Å²) < 4.78 is 5.41. The lowest BCUT2D eigenvalue weighted by Gasteiger charge is -2.06. The highest BCUT2D eigenvalue weighted by atomic mass is 79.9. The second-order valence-electron chi connectivity index (χ2n) is 5.24. The molecule has 0 saturated heterocycles. The van der Waals surface area contributed by atoms with Crippen molar-refractivity contribution in [3.63, 3.8) is 0 Å². The predicted molar refractivity (Wildman–Crippen MR) is 102 cm³/mol. The van der Waals surface area contributed by atoms with Gasteiger partial charge in [-0.25, -0.2) is 5.43 Å². The molecule has 0 aliphatic heterocycles. The summed E-state index contributed by atoms with van der Waals surface area (Å²) in [5.41, 5.74) is 3.87. The monoisotopic (exact) mass is 430 g/mol. The number of rotatable bonds is 5. The molecule has 8 nitrogen and oxygen atoms in total. The molecule has 0 aromatic heterocycles. The Balaban J connectivity index is 1.95. The zero-order valence-electron chi connectivity index (χ0n) is 14.2. The van der Waals surface area contributed by atoms with E-state index in [0.717, 1.165) is 5.56 Å². The fourth-order valence-electron chi connectivity index (χ4n) is 2.03. The van der Waals surface area contributed by atoms with Gasteiger partial charge in [0.2, 0.25) is 0 Å². The number of methoxy groups -OCH3 is 1. The van der Waals surface area contributed by atoms with E-state index in [2.05, 4.69) is 31.8 Å². The summed E-state index contributed by atoms with van der Waals surface area (Å²) in [6, 6.07) is 11.7. The number of ether oxygens (including phenoxy) is 1. The van der Waals surface area contributed by atoms with Gasteiger partial charge in [0.1, 0.15) is 0 Å². The molecule has 2 amide bonds. The van der Waals surface area contributed by atoms with Crippen molar-refractivity contribution in [2.45, 2.75) is 6.42 Å². The molecule has 2 rings (SSSR count). The average Bonchev–Trinajstić information content (AvgIpc) is 2.66. The fraction of sp³-hybridized carbons (Fsp3) is 0.111. The number of amides is 2. The number of hydrogen-bond donors (Lipinski definition) is 3. The molecule has 0 atom stereocenters. The van der Waals surface area contributed by atoms with Gasteiger partial charge >= 0.3 is 11.8 Å². The lowest BCUT2D eigenvalue weighted by Crippen LogP contribution is -2.32. The molecular formula is C18H15BrN4O4. The van der Waals surface area contributed by atoms with Crippen molar-refractivity contribution in [1.29, 1.82) is 5.26 Å². The van der Waals surface area contributed by atoms with Crippen LogP contribution in [0.25, 0.3) is 0 Å². The summed E-state index contributed by atoms with van der Waals surface area (Å²) in [7, 11) is 1.40. The summed E-state index contributed by atoms with van der Waals surface area (Å²) >= 11 is 3.17. The normalized spacial score (nSPS) is 10.3.